The SMILES string of the molecule is CC(C)(C)C1CCN(c2ccnc3c(N)cccc23)CC1. The molecule has 0 radical (unpaired) electrons. The number of hydrogen-bond donors (Lipinski definition) is 1. The zero-order valence-electron chi connectivity index (χ0n) is 13.3. The number of para-hydroxylation sites is 1. The molecule has 0 unspecified atom stereocenters. The normalized spacial score (nSPS) is 17.4. The molecule has 2 aromatic rings. The summed E-state index contributed by atoms with van der Waals surface area (Å²) >= 11 is 0. The largest absolute Gasteiger partial charge is 0.397 e. The van der Waals surface area contributed by atoms with Gasteiger partial charge in [0, 0.05) is 30.4 Å². The van der Waals surface area contributed by atoms with Crippen molar-refractivity contribution in [1.29, 1.82) is 0 Å². The molecule has 0 spiro atoms. The van der Waals surface area contributed by atoms with Crippen molar-refractivity contribution in [1.82, 2.24) is 4.98 Å². The minimum Gasteiger partial charge on any atom is -0.397 e. The molecule has 1 aliphatic rings. The summed E-state index contributed by atoms with van der Waals surface area (Å²) in [7, 11) is 0. The van der Waals surface area contributed by atoms with Crippen LogP contribution < -0.4 is 10.6 Å². The molecule has 0 saturated carbocycles. The van der Waals surface area contributed by atoms with Crippen LogP contribution in [0.3, 0.4) is 0 Å². The quantitative estimate of drug-likeness (QED) is 0.802. The third-order valence-corrected chi connectivity index (χ3v) is 4.84. The lowest BCUT2D eigenvalue weighted by Crippen LogP contribution is -2.38. The minimum atomic E-state index is 0.414. The topological polar surface area (TPSA) is 42.2 Å². The van der Waals surface area contributed by atoms with Gasteiger partial charge in [-0.2, -0.15) is 0 Å². The van der Waals surface area contributed by atoms with Gasteiger partial charge in [-0.25, -0.2) is 0 Å². The van der Waals surface area contributed by atoms with E-state index in [1.54, 1.807) is 0 Å². The highest BCUT2D eigenvalue weighted by atomic mass is 15.1. The van der Waals surface area contributed by atoms with Crippen LogP contribution in [0.2, 0.25) is 0 Å². The Morgan fingerprint density at radius 2 is 1.86 bits per heavy atom. The molecule has 0 aliphatic carbocycles. The molecule has 3 heteroatoms. The van der Waals surface area contributed by atoms with Crippen LogP contribution in [0.25, 0.3) is 10.9 Å². The van der Waals surface area contributed by atoms with E-state index in [0.29, 0.717) is 5.41 Å². The van der Waals surface area contributed by atoms with Crippen LogP contribution in [-0.2, 0) is 0 Å². The van der Waals surface area contributed by atoms with Gasteiger partial charge in [0.15, 0.2) is 0 Å². The summed E-state index contributed by atoms with van der Waals surface area (Å²) in [5, 5.41) is 1.17. The number of rotatable bonds is 1. The van der Waals surface area contributed by atoms with Crippen LogP contribution >= 0.6 is 0 Å². The van der Waals surface area contributed by atoms with Crippen LogP contribution in [0.5, 0.6) is 0 Å². The fourth-order valence-corrected chi connectivity index (χ4v) is 3.45. The molecule has 0 amide bonds. The number of nitrogen functional groups attached to an aromatic ring is 1. The van der Waals surface area contributed by atoms with Crippen molar-refractivity contribution in [2.24, 2.45) is 11.3 Å². The lowest BCUT2D eigenvalue weighted by atomic mass is 9.75. The molecule has 3 rings (SSSR count). The lowest BCUT2D eigenvalue weighted by Gasteiger charge is -2.40. The first-order valence-corrected chi connectivity index (χ1v) is 7.85. The van der Waals surface area contributed by atoms with Crippen LogP contribution in [-0.4, -0.2) is 18.1 Å². The van der Waals surface area contributed by atoms with Gasteiger partial charge in [-0.3, -0.25) is 4.98 Å². The Hall–Kier alpha value is -1.77. The predicted octanol–water partition coefficient (Wildman–Crippen LogP) is 4.08. The number of nitrogens with two attached hydrogens (primary N) is 1. The predicted molar refractivity (Wildman–Crippen MR) is 90.5 cm³/mol. The first-order chi connectivity index (χ1) is 9.97. The second-order valence-corrected chi connectivity index (χ2v) is 7.20. The first kappa shape index (κ1) is 14.2. The van der Waals surface area contributed by atoms with Gasteiger partial charge in [0.2, 0.25) is 0 Å². The summed E-state index contributed by atoms with van der Waals surface area (Å²) in [5.74, 6) is 0.812. The highest BCUT2D eigenvalue weighted by molar-refractivity contribution is 5.98. The Balaban J connectivity index is 1.88. The van der Waals surface area contributed by atoms with E-state index in [-0.39, 0.29) is 0 Å². The fraction of sp³-hybridized carbons (Fsp3) is 0.500. The van der Waals surface area contributed by atoms with Crippen molar-refractivity contribution in [2.75, 3.05) is 23.7 Å². The van der Waals surface area contributed by atoms with Gasteiger partial charge in [-0.05, 0) is 36.3 Å². The average molecular weight is 283 g/mol. The zero-order chi connectivity index (χ0) is 15.0. The molecule has 1 aromatic heterocycles. The maximum Gasteiger partial charge on any atom is 0.0951 e. The summed E-state index contributed by atoms with van der Waals surface area (Å²) in [5.41, 5.74) is 9.43. The summed E-state index contributed by atoms with van der Waals surface area (Å²) in [4.78, 5) is 6.93. The number of hydrogen-bond acceptors (Lipinski definition) is 3. The van der Waals surface area contributed by atoms with Crippen molar-refractivity contribution in [3.8, 4) is 0 Å². The maximum absolute atomic E-state index is 6.05. The second-order valence-electron chi connectivity index (χ2n) is 7.20. The Kier molecular flexibility index (Phi) is 3.52. The smallest absolute Gasteiger partial charge is 0.0951 e. The summed E-state index contributed by atoms with van der Waals surface area (Å²) < 4.78 is 0. The molecule has 1 aromatic carbocycles. The van der Waals surface area contributed by atoms with E-state index in [9.17, 15) is 0 Å². The Morgan fingerprint density at radius 1 is 1.14 bits per heavy atom. The van der Waals surface area contributed by atoms with Crippen LogP contribution in [0.1, 0.15) is 33.6 Å². The summed E-state index contributed by atoms with van der Waals surface area (Å²) in [6, 6.07) is 8.19. The Morgan fingerprint density at radius 3 is 2.52 bits per heavy atom. The molecular weight excluding hydrogens is 258 g/mol. The highest BCUT2D eigenvalue weighted by Gasteiger charge is 2.29. The van der Waals surface area contributed by atoms with Gasteiger partial charge >= 0.3 is 0 Å². The maximum atomic E-state index is 6.05. The van der Waals surface area contributed by atoms with E-state index < -0.39 is 0 Å². The number of pyridine rings is 1. The van der Waals surface area contributed by atoms with E-state index in [1.165, 1.54) is 23.9 Å². The third kappa shape index (κ3) is 2.69. The van der Waals surface area contributed by atoms with Crippen LogP contribution in [0.15, 0.2) is 30.5 Å². The molecule has 1 aliphatic heterocycles. The molecule has 112 valence electrons. The monoisotopic (exact) mass is 283 g/mol. The molecule has 0 atom stereocenters. The van der Waals surface area contributed by atoms with E-state index in [4.69, 9.17) is 5.73 Å². The van der Waals surface area contributed by atoms with Gasteiger partial charge in [-0.15, -0.1) is 0 Å². The number of benzene rings is 1. The minimum absolute atomic E-state index is 0.414. The molecule has 1 fully saturated rings. The molecule has 1 saturated heterocycles. The molecule has 2 N–H and O–H groups in total. The zero-order valence-corrected chi connectivity index (χ0v) is 13.3. The molecule has 3 nitrogen and oxygen atoms in total. The van der Waals surface area contributed by atoms with E-state index in [0.717, 1.165) is 30.2 Å². The number of piperidine rings is 1. The number of nitrogens with zero attached hydrogens (tertiary/aromatic N) is 2. The van der Waals surface area contributed by atoms with E-state index in [2.05, 4.69) is 42.8 Å². The fourth-order valence-electron chi connectivity index (χ4n) is 3.45. The van der Waals surface area contributed by atoms with Crippen LogP contribution in [0, 0.1) is 11.3 Å². The summed E-state index contributed by atoms with van der Waals surface area (Å²) in [6.45, 7) is 9.31. The van der Waals surface area contributed by atoms with Crippen molar-refractivity contribution >= 4 is 22.3 Å². The standard InChI is InChI=1S/C18H25N3/c1-18(2,3)13-8-11-21(12-9-13)16-7-10-20-17-14(16)5-4-6-15(17)19/h4-7,10,13H,8-9,11-12,19H2,1-3H3. The highest BCUT2D eigenvalue weighted by Crippen LogP contribution is 2.37. The van der Waals surface area contributed by atoms with Crippen molar-refractivity contribution in [3.05, 3.63) is 30.5 Å². The van der Waals surface area contributed by atoms with Crippen molar-refractivity contribution < 1.29 is 0 Å². The van der Waals surface area contributed by atoms with E-state index >= 15 is 0 Å². The number of fused-ring (bicyclic) bond motifs is 1. The molecule has 2 heterocycles. The molecule has 0 bridgehead atoms. The van der Waals surface area contributed by atoms with Crippen LogP contribution in [0.4, 0.5) is 11.4 Å². The first-order valence-electron chi connectivity index (χ1n) is 7.85. The van der Waals surface area contributed by atoms with Gasteiger partial charge in [0.25, 0.3) is 0 Å². The number of aromatic nitrogens is 1. The van der Waals surface area contributed by atoms with Gasteiger partial charge in [-0.1, -0.05) is 32.9 Å². The van der Waals surface area contributed by atoms with Gasteiger partial charge in [0.1, 0.15) is 0 Å². The summed E-state index contributed by atoms with van der Waals surface area (Å²) in [6.07, 6.45) is 4.40. The van der Waals surface area contributed by atoms with Gasteiger partial charge in [0.05, 0.1) is 11.2 Å². The Bertz CT molecular complexity index is 634. The lowest BCUT2D eigenvalue weighted by molar-refractivity contribution is 0.199. The number of anilines is 2. The van der Waals surface area contributed by atoms with Crippen molar-refractivity contribution in [3.63, 3.8) is 0 Å². The molecule has 21 heavy (non-hydrogen) atoms. The second kappa shape index (κ2) is 5.21. The van der Waals surface area contributed by atoms with E-state index in [1.807, 2.05) is 18.3 Å². The van der Waals surface area contributed by atoms with Gasteiger partial charge < -0.3 is 10.6 Å². The van der Waals surface area contributed by atoms with Crippen molar-refractivity contribution in [2.45, 2.75) is 33.6 Å². The molecular formula is C18H25N3. The average Bonchev–Trinajstić information content (AvgIpc) is 2.46. The Labute approximate surface area is 127 Å². The third-order valence-electron chi connectivity index (χ3n) is 4.84.